The van der Waals surface area contributed by atoms with Gasteiger partial charge in [-0.2, -0.15) is 0 Å². The van der Waals surface area contributed by atoms with Crippen molar-refractivity contribution in [2.45, 2.75) is 26.3 Å². The van der Waals surface area contributed by atoms with Crippen LogP contribution in [0.5, 0.6) is 0 Å². The van der Waals surface area contributed by atoms with Gasteiger partial charge in [0.15, 0.2) is 5.89 Å². The molecule has 1 unspecified atom stereocenters. The first-order valence-corrected chi connectivity index (χ1v) is 7.14. The number of carbonyl (C=O) groups is 1. The van der Waals surface area contributed by atoms with Gasteiger partial charge in [-0.15, -0.1) is 0 Å². The van der Waals surface area contributed by atoms with Crippen molar-refractivity contribution in [3.8, 4) is 0 Å². The number of oxazole rings is 1. The van der Waals surface area contributed by atoms with Gasteiger partial charge >= 0.3 is 0 Å². The summed E-state index contributed by atoms with van der Waals surface area (Å²) in [4.78, 5) is 18.7. The number of aryl methyl sites for hydroxylation is 2. The molecular weight excluding hydrogens is 266 g/mol. The molecule has 0 bridgehead atoms. The quantitative estimate of drug-likeness (QED) is 0.916. The number of benzene rings is 1. The van der Waals surface area contributed by atoms with Crippen LogP contribution in [-0.2, 0) is 6.42 Å². The summed E-state index contributed by atoms with van der Waals surface area (Å²) in [6.07, 6.45) is 0.838. The predicted octanol–water partition coefficient (Wildman–Crippen LogP) is 1.99. The third-order valence-corrected chi connectivity index (χ3v) is 3.99. The second kappa shape index (κ2) is 5.33. The molecule has 1 aliphatic rings. The van der Waals surface area contributed by atoms with Crippen LogP contribution in [0.1, 0.15) is 39.3 Å². The molecule has 1 aromatic heterocycles. The number of hydrogen-bond acceptors (Lipinski definition) is 4. The van der Waals surface area contributed by atoms with Crippen molar-refractivity contribution in [2.24, 2.45) is 5.73 Å². The van der Waals surface area contributed by atoms with Crippen molar-refractivity contribution in [1.82, 2.24) is 9.88 Å². The van der Waals surface area contributed by atoms with Crippen molar-refractivity contribution in [2.75, 3.05) is 13.1 Å². The van der Waals surface area contributed by atoms with E-state index in [2.05, 4.69) is 11.1 Å². The zero-order valence-electron chi connectivity index (χ0n) is 12.3. The normalized spacial score (nSPS) is 17.7. The maximum atomic E-state index is 12.7. The monoisotopic (exact) mass is 285 g/mol. The van der Waals surface area contributed by atoms with Crippen molar-refractivity contribution in [1.29, 1.82) is 0 Å². The first-order valence-electron chi connectivity index (χ1n) is 7.14. The van der Waals surface area contributed by atoms with E-state index in [4.69, 9.17) is 10.2 Å². The summed E-state index contributed by atoms with van der Waals surface area (Å²) >= 11 is 0. The van der Waals surface area contributed by atoms with Gasteiger partial charge in [-0.3, -0.25) is 4.79 Å². The van der Waals surface area contributed by atoms with Gasteiger partial charge in [0.1, 0.15) is 0 Å². The van der Waals surface area contributed by atoms with Gasteiger partial charge in [-0.25, -0.2) is 4.98 Å². The molecule has 21 heavy (non-hydrogen) atoms. The van der Waals surface area contributed by atoms with Gasteiger partial charge in [-0.05, 0) is 24.5 Å². The van der Waals surface area contributed by atoms with E-state index in [-0.39, 0.29) is 11.9 Å². The van der Waals surface area contributed by atoms with Crippen LogP contribution in [0.4, 0.5) is 0 Å². The summed E-state index contributed by atoms with van der Waals surface area (Å²) in [5.41, 5.74) is 8.96. The average Bonchev–Trinajstić information content (AvgIpc) is 2.84. The summed E-state index contributed by atoms with van der Waals surface area (Å²) in [5, 5.41) is 0. The Hall–Kier alpha value is -2.14. The maximum Gasteiger partial charge on any atom is 0.292 e. The molecule has 1 aromatic carbocycles. The Kier molecular flexibility index (Phi) is 3.51. The van der Waals surface area contributed by atoms with Gasteiger partial charge in [0, 0.05) is 20.0 Å². The Morgan fingerprint density at radius 1 is 1.43 bits per heavy atom. The summed E-state index contributed by atoms with van der Waals surface area (Å²) in [6.45, 7) is 4.58. The van der Waals surface area contributed by atoms with Crippen LogP contribution in [-0.4, -0.2) is 28.9 Å². The first kappa shape index (κ1) is 13.8. The lowest BCUT2D eigenvalue weighted by molar-refractivity contribution is 0.0632. The summed E-state index contributed by atoms with van der Waals surface area (Å²) < 4.78 is 5.47. The highest BCUT2D eigenvalue weighted by Gasteiger charge is 2.32. The number of rotatable bonds is 2. The van der Waals surface area contributed by atoms with Gasteiger partial charge in [0.2, 0.25) is 5.76 Å². The number of aromatic nitrogens is 1. The molecule has 0 fully saturated rings. The summed E-state index contributed by atoms with van der Waals surface area (Å²) in [5.74, 6) is 0.709. The Morgan fingerprint density at radius 3 is 2.86 bits per heavy atom. The molecule has 0 saturated heterocycles. The highest BCUT2D eigenvalue weighted by molar-refractivity contribution is 5.93. The zero-order chi connectivity index (χ0) is 15.0. The number of nitrogens with zero attached hydrogens (tertiary/aromatic N) is 2. The standard InChI is InChI=1S/C16H19N3O2/c1-10-15(21-11(2)18-10)16(20)19-8-7-12-5-3-4-6-13(12)14(19)9-17/h3-6,14H,7-9,17H2,1-2H3. The minimum absolute atomic E-state index is 0.104. The van der Waals surface area contributed by atoms with Crippen molar-refractivity contribution in [3.05, 3.63) is 52.7 Å². The molecule has 0 aliphatic carbocycles. The number of amides is 1. The molecule has 1 amide bonds. The Labute approximate surface area is 123 Å². The zero-order valence-corrected chi connectivity index (χ0v) is 12.3. The number of fused-ring (bicyclic) bond motifs is 1. The minimum atomic E-state index is -0.127. The van der Waals surface area contributed by atoms with E-state index < -0.39 is 0 Å². The van der Waals surface area contributed by atoms with Gasteiger partial charge in [-0.1, -0.05) is 24.3 Å². The van der Waals surface area contributed by atoms with Crippen LogP contribution < -0.4 is 5.73 Å². The van der Waals surface area contributed by atoms with Gasteiger partial charge in [0.25, 0.3) is 5.91 Å². The van der Waals surface area contributed by atoms with E-state index in [1.54, 1.807) is 18.7 Å². The Bertz CT molecular complexity index is 678. The minimum Gasteiger partial charge on any atom is -0.436 e. The molecular formula is C16H19N3O2. The molecule has 1 aliphatic heterocycles. The van der Waals surface area contributed by atoms with E-state index in [1.807, 2.05) is 18.2 Å². The summed E-state index contributed by atoms with van der Waals surface area (Å²) in [7, 11) is 0. The second-order valence-electron chi connectivity index (χ2n) is 5.35. The fraction of sp³-hybridized carbons (Fsp3) is 0.375. The lowest BCUT2D eigenvalue weighted by Crippen LogP contribution is -2.43. The van der Waals surface area contributed by atoms with Crippen LogP contribution in [0.25, 0.3) is 0 Å². The number of hydrogen-bond donors (Lipinski definition) is 1. The molecule has 0 radical (unpaired) electrons. The van der Waals surface area contributed by atoms with Crippen LogP contribution >= 0.6 is 0 Å². The lowest BCUT2D eigenvalue weighted by Gasteiger charge is -2.36. The number of carbonyl (C=O) groups excluding carboxylic acids is 1. The molecule has 5 nitrogen and oxygen atoms in total. The highest BCUT2D eigenvalue weighted by Crippen LogP contribution is 2.30. The maximum absolute atomic E-state index is 12.7. The first-order chi connectivity index (χ1) is 10.1. The van der Waals surface area contributed by atoms with E-state index in [1.165, 1.54) is 5.56 Å². The average molecular weight is 285 g/mol. The molecule has 2 heterocycles. The van der Waals surface area contributed by atoms with E-state index >= 15 is 0 Å². The predicted molar refractivity (Wildman–Crippen MR) is 79.0 cm³/mol. The van der Waals surface area contributed by atoms with Crippen molar-refractivity contribution < 1.29 is 9.21 Å². The van der Waals surface area contributed by atoms with Gasteiger partial charge in [0.05, 0.1) is 11.7 Å². The third-order valence-electron chi connectivity index (χ3n) is 3.99. The largest absolute Gasteiger partial charge is 0.436 e. The van der Waals surface area contributed by atoms with Crippen molar-refractivity contribution >= 4 is 5.91 Å². The molecule has 0 saturated carbocycles. The molecule has 2 aromatic rings. The molecule has 2 N–H and O–H groups in total. The molecule has 5 heteroatoms. The molecule has 1 atom stereocenters. The fourth-order valence-electron chi connectivity index (χ4n) is 3.01. The van der Waals surface area contributed by atoms with Crippen LogP contribution in [0, 0.1) is 13.8 Å². The van der Waals surface area contributed by atoms with E-state index in [0.29, 0.717) is 30.4 Å². The second-order valence-corrected chi connectivity index (χ2v) is 5.35. The SMILES string of the molecule is Cc1nc(C)c(C(=O)N2CCc3ccccc3C2CN)o1. The van der Waals surface area contributed by atoms with E-state index in [9.17, 15) is 4.79 Å². The third kappa shape index (κ3) is 2.34. The summed E-state index contributed by atoms with van der Waals surface area (Å²) in [6, 6.07) is 8.05. The van der Waals surface area contributed by atoms with Gasteiger partial charge < -0.3 is 15.1 Å². The van der Waals surface area contributed by atoms with Crippen LogP contribution in [0.2, 0.25) is 0 Å². The molecule has 0 spiro atoms. The Balaban J connectivity index is 1.96. The lowest BCUT2D eigenvalue weighted by atomic mass is 9.92. The van der Waals surface area contributed by atoms with Crippen LogP contribution in [0.15, 0.2) is 28.7 Å². The van der Waals surface area contributed by atoms with Crippen LogP contribution in [0.3, 0.4) is 0 Å². The van der Waals surface area contributed by atoms with Crippen molar-refractivity contribution in [3.63, 3.8) is 0 Å². The molecule has 3 rings (SSSR count). The highest BCUT2D eigenvalue weighted by atomic mass is 16.4. The fourth-order valence-corrected chi connectivity index (χ4v) is 3.01. The smallest absolute Gasteiger partial charge is 0.292 e. The number of nitrogens with two attached hydrogens (primary N) is 1. The molecule has 110 valence electrons. The Morgan fingerprint density at radius 2 is 2.19 bits per heavy atom. The van der Waals surface area contributed by atoms with E-state index in [0.717, 1.165) is 12.0 Å². The topological polar surface area (TPSA) is 72.4 Å².